The molecule has 1 unspecified atom stereocenters. The number of hydrogen-bond donors (Lipinski definition) is 1. The van der Waals surface area contributed by atoms with Gasteiger partial charge in [0.2, 0.25) is 0 Å². The van der Waals surface area contributed by atoms with E-state index in [1.165, 1.54) is 22.3 Å². The van der Waals surface area contributed by atoms with Gasteiger partial charge in [-0.1, -0.05) is 54.1 Å². The highest BCUT2D eigenvalue weighted by molar-refractivity contribution is 5.40. The van der Waals surface area contributed by atoms with Crippen molar-refractivity contribution in [2.75, 3.05) is 0 Å². The zero-order valence-corrected chi connectivity index (χ0v) is 10.8. The minimum Gasteiger partial charge on any atom is -0.321 e. The van der Waals surface area contributed by atoms with Gasteiger partial charge < -0.3 is 5.73 Å². The number of fused-ring (bicyclic) bond motifs is 1. The number of hydrogen-bond acceptors (Lipinski definition) is 1. The van der Waals surface area contributed by atoms with Gasteiger partial charge in [0.15, 0.2) is 0 Å². The van der Waals surface area contributed by atoms with Gasteiger partial charge in [0.1, 0.15) is 0 Å². The lowest BCUT2D eigenvalue weighted by Crippen LogP contribution is -2.36. The smallest absolute Gasteiger partial charge is 0.0456 e. The van der Waals surface area contributed by atoms with E-state index < -0.39 is 0 Å². The summed E-state index contributed by atoms with van der Waals surface area (Å²) in [4.78, 5) is 0. The molecule has 1 aliphatic rings. The number of rotatable bonds is 2. The molecule has 0 spiro atoms. The summed E-state index contributed by atoms with van der Waals surface area (Å²) in [5.41, 5.74) is 11.9. The monoisotopic (exact) mass is 237 g/mol. The summed E-state index contributed by atoms with van der Waals surface area (Å²) in [7, 11) is 0. The molecule has 0 heterocycles. The summed E-state index contributed by atoms with van der Waals surface area (Å²) in [6, 6.07) is 17.3. The van der Waals surface area contributed by atoms with Crippen LogP contribution in [0.1, 0.15) is 28.7 Å². The van der Waals surface area contributed by atoms with Crippen molar-refractivity contribution in [1.29, 1.82) is 0 Å². The Kier molecular flexibility index (Phi) is 2.71. The van der Waals surface area contributed by atoms with Gasteiger partial charge in [0, 0.05) is 5.54 Å². The molecule has 18 heavy (non-hydrogen) atoms. The molecule has 0 saturated heterocycles. The zero-order valence-electron chi connectivity index (χ0n) is 10.8. The van der Waals surface area contributed by atoms with Crippen LogP contribution in [0.3, 0.4) is 0 Å². The molecule has 2 aromatic rings. The summed E-state index contributed by atoms with van der Waals surface area (Å²) in [6.45, 7) is 2.13. The Labute approximate surface area is 109 Å². The maximum absolute atomic E-state index is 6.65. The third kappa shape index (κ3) is 1.95. The summed E-state index contributed by atoms with van der Waals surface area (Å²) in [5, 5.41) is 0. The zero-order chi connectivity index (χ0) is 12.6. The van der Waals surface area contributed by atoms with Crippen LogP contribution in [0.15, 0.2) is 48.5 Å². The molecule has 1 aliphatic carbocycles. The van der Waals surface area contributed by atoms with E-state index in [2.05, 4.69) is 55.5 Å². The van der Waals surface area contributed by atoms with Gasteiger partial charge in [-0.25, -0.2) is 0 Å². The van der Waals surface area contributed by atoms with E-state index in [0.717, 1.165) is 19.3 Å². The maximum atomic E-state index is 6.65. The third-order valence-corrected chi connectivity index (χ3v) is 4.00. The first-order chi connectivity index (χ1) is 8.67. The molecule has 1 atom stereocenters. The first kappa shape index (κ1) is 11.5. The molecule has 0 aliphatic heterocycles. The topological polar surface area (TPSA) is 26.0 Å². The molecule has 3 rings (SSSR count). The molecule has 1 heteroatoms. The molecule has 2 aromatic carbocycles. The van der Waals surface area contributed by atoms with Gasteiger partial charge in [0.05, 0.1) is 0 Å². The van der Waals surface area contributed by atoms with Crippen LogP contribution in [-0.2, 0) is 18.4 Å². The predicted molar refractivity (Wildman–Crippen MR) is 75.5 cm³/mol. The van der Waals surface area contributed by atoms with Crippen LogP contribution < -0.4 is 5.73 Å². The van der Waals surface area contributed by atoms with Crippen LogP contribution >= 0.6 is 0 Å². The van der Waals surface area contributed by atoms with Crippen molar-refractivity contribution in [3.05, 3.63) is 70.8 Å². The number of nitrogens with two attached hydrogens (primary N) is 1. The molecule has 0 fully saturated rings. The second kappa shape index (κ2) is 4.25. The fourth-order valence-electron chi connectivity index (χ4n) is 3.09. The lowest BCUT2D eigenvalue weighted by atomic mass is 9.86. The summed E-state index contributed by atoms with van der Waals surface area (Å²) < 4.78 is 0. The van der Waals surface area contributed by atoms with E-state index in [-0.39, 0.29) is 5.54 Å². The van der Waals surface area contributed by atoms with E-state index in [0.29, 0.717) is 0 Å². The van der Waals surface area contributed by atoms with Crippen molar-refractivity contribution in [2.24, 2.45) is 5.73 Å². The Morgan fingerprint density at radius 3 is 2.78 bits per heavy atom. The second-order valence-electron chi connectivity index (χ2n) is 5.48. The van der Waals surface area contributed by atoms with E-state index in [1.807, 2.05) is 0 Å². The van der Waals surface area contributed by atoms with Crippen LogP contribution in [0.25, 0.3) is 0 Å². The van der Waals surface area contributed by atoms with Gasteiger partial charge in [-0.15, -0.1) is 0 Å². The quantitative estimate of drug-likeness (QED) is 0.851. The van der Waals surface area contributed by atoms with Crippen LogP contribution in [0.5, 0.6) is 0 Å². The normalized spacial score (nSPS) is 21.9. The minimum absolute atomic E-state index is 0.176. The molecular weight excluding hydrogens is 218 g/mol. The molecular formula is C17H19N. The minimum atomic E-state index is -0.176. The Morgan fingerprint density at radius 2 is 1.94 bits per heavy atom. The van der Waals surface area contributed by atoms with Crippen LogP contribution in [0.2, 0.25) is 0 Å². The fourth-order valence-corrected chi connectivity index (χ4v) is 3.09. The molecule has 1 nitrogen and oxygen atoms in total. The molecule has 0 radical (unpaired) electrons. The van der Waals surface area contributed by atoms with Gasteiger partial charge in [-0.2, -0.15) is 0 Å². The van der Waals surface area contributed by atoms with Crippen molar-refractivity contribution in [3.63, 3.8) is 0 Å². The summed E-state index contributed by atoms with van der Waals surface area (Å²) >= 11 is 0. The highest BCUT2D eigenvalue weighted by Gasteiger charge is 2.34. The van der Waals surface area contributed by atoms with E-state index >= 15 is 0 Å². The van der Waals surface area contributed by atoms with Crippen molar-refractivity contribution in [3.8, 4) is 0 Å². The summed E-state index contributed by atoms with van der Waals surface area (Å²) in [5.74, 6) is 0. The average Bonchev–Trinajstić information content (AvgIpc) is 2.68. The largest absolute Gasteiger partial charge is 0.321 e. The highest BCUT2D eigenvalue weighted by atomic mass is 14.8. The molecule has 92 valence electrons. The first-order valence-electron chi connectivity index (χ1n) is 6.60. The van der Waals surface area contributed by atoms with E-state index in [9.17, 15) is 0 Å². The molecule has 0 aromatic heterocycles. The number of aryl methyl sites for hydroxylation is 2. The molecule has 0 amide bonds. The Bertz CT molecular complexity index is 573. The SMILES string of the molecule is Cc1cccc(CC2(N)CCc3ccccc32)c1. The van der Waals surface area contributed by atoms with Gasteiger partial charge in [-0.05, 0) is 42.9 Å². The molecule has 0 saturated carbocycles. The molecule has 2 N–H and O–H groups in total. The van der Waals surface area contributed by atoms with Crippen LogP contribution in [0, 0.1) is 6.92 Å². The van der Waals surface area contributed by atoms with Gasteiger partial charge >= 0.3 is 0 Å². The van der Waals surface area contributed by atoms with Crippen molar-refractivity contribution < 1.29 is 0 Å². The third-order valence-electron chi connectivity index (χ3n) is 4.00. The second-order valence-corrected chi connectivity index (χ2v) is 5.48. The number of benzene rings is 2. The van der Waals surface area contributed by atoms with Gasteiger partial charge in [0.25, 0.3) is 0 Å². The lowest BCUT2D eigenvalue weighted by Gasteiger charge is -2.25. The lowest BCUT2D eigenvalue weighted by molar-refractivity contribution is 0.439. The Morgan fingerprint density at radius 1 is 1.11 bits per heavy atom. The van der Waals surface area contributed by atoms with E-state index in [1.54, 1.807) is 0 Å². The van der Waals surface area contributed by atoms with Crippen molar-refractivity contribution in [2.45, 2.75) is 31.7 Å². The average molecular weight is 237 g/mol. The Balaban J connectivity index is 1.94. The maximum Gasteiger partial charge on any atom is 0.0456 e. The summed E-state index contributed by atoms with van der Waals surface area (Å²) in [6.07, 6.45) is 3.10. The first-order valence-corrected chi connectivity index (χ1v) is 6.60. The standard InChI is InChI=1S/C17H19N/c1-13-5-4-6-14(11-13)12-17(18)10-9-15-7-2-3-8-16(15)17/h2-8,11H,9-10,12,18H2,1H3. The predicted octanol–water partition coefficient (Wildman–Crippen LogP) is 3.34. The molecule has 0 bridgehead atoms. The van der Waals surface area contributed by atoms with Gasteiger partial charge in [-0.3, -0.25) is 0 Å². The Hall–Kier alpha value is -1.60. The van der Waals surface area contributed by atoms with Crippen molar-refractivity contribution >= 4 is 0 Å². The highest BCUT2D eigenvalue weighted by Crippen LogP contribution is 2.37. The van der Waals surface area contributed by atoms with Crippen LogP contribution in [-0.4, -0.2) is 0 Å². The fraction of sp³-hybridized carbons (Fsp3) is 0.294. The van der Waals surface area contributed by atoms with Crippen molar-refractivity contribution in [1.82, 2.24) is 0 Å². The van der Waals surface area contributed by atoms with E-state index in [4.69, 9.17) is 5.73 Å². The van der Waals surface area contributed by atoms with Crippen LogP contribution in [0.4, 0.5) is 0 Å².